The van der Waals surface area contributed by atoms with Crippen LogP contribution in [0.3, 0.4) is 0 Å². The van der Waals surface area contributed by atoms with Gasteiger partial charge in [0.05, 0.1) is 0 Å². The molecule has 0 bridgehead atoms. The lowest BCUT2D eigenvalue weighted by Gasteiger charge is -2.23. The van der Waals surface area contributed by atoms with Crippen molar-refractivity contribution in [2.45, 2.75) is 25.8 Å². The minimum atomic E-state index is -0.0385. The van der Waals surface area contributed by atoms with Crippen molar-refractivity contribution in [1.82, 2.24) is 10.3 Å². The maximum atomic E-state index is 12.1. The largest absolute Gasteiger partial charge is 0.381 e. The fourth-order valence-electron chi connectivity index (χ4n) is 1.96. The summed E-state index contributed by atoms with van der Waals surface area (Å²) in [4.78, 5) is 16.2. The second-order valence-corrected chi connectivity index (χ2v) is 4.32. The van der Waals surface area contributed by atoms with Gasteiger partial charge in [0.15, 0.2) is 0 Å². The van der Waals surface area contributed by atoms with Crippen molar-refractivity contribution < 1.29 is 9.53 Å². The van der Waals surface area contributed by atoms with Gasteiger partial charge in [-0.05, 0) is 31.9 Å². The molecule has 0 aromatic carbocycles. The molecule has 98 valence electrons. The summed E-state index contributed by atoms with van der Waals surface area (Å²) in [5, 5.41) is 6.13. The zero-order valence-corrected chi connectivity index (χ0v) is 10.6. The van der Waals surface area contributed by atoms with Gasteiger partial charge in [0, 0.05) is 37.6 Å². The average molecular weight is 249 g/mol. The molecular formula is C13H19N3O2. The molecule has 5 nitrogen and oxygen atoms in total. The first-order valence-corrected chi connectivity index (χ1v) is 6.38. The first-order chi connectivity index (χ1) is 8.79. The van der Waals surface area contributed by atoms with E-state index in [0.717, 1.165) is 38.4 Å². The highest BCUT2D eigenvalue weighted by Crippen LogP contribution is 2.10. The van der Waals surface area contributed by atoms with Crippen LogP contribution in [0, 0.1) is 0 Å². The standard InChI is InChI=1S/C13H19N3O2/c1-2-14-12-9-10(3-6-15-12)13(17)16-11-4-7-18-8-5-11/h3,6,9,11H,2,4-5,7-8H2,1H3,(H,14,15)(H,16,17). The molecule has 0 atom stereocenters. The van der Waals surface area contributed by atoms with Crippen LogP contribution >= 0.6 is 0 Å². The fourth-order valence-corrected chi connectivity index (χ4v) is 1.96. The van der Waals surface area contributed by atoms with Crippen molar-refractivity contribution >= 4 is 11.7 Å². The normalized spacial score (nSPS) is 16.3. The number of nitrogens with one attached hydrogen (secondary N) is 2. The third-order valence-corrected chi connectivity index (χ3v) is 2.94. The van der Waals surface area contributed by atoms with E-state index >= 15 is 0 Å². The van der Waals surface area contributed by atoms with Crippen LogP contribution in [0.1, 0.15) is 30.1 Å². The van der Waals surface area contributed by atoms with Crippen LogP contribution in [0.15, 0.2) is 18.3 Å². The molecule has 0 unspecified atom stereocenters. The SMILES string of the molecule is CCNc1cc(C(=O)NC2CCOCC2)ccn1. The number of amides is 1. The molecule has 2 N–H and O–H groups in total. The molecule has 1 aliphatic rings. The van der Waals surface area contributed by atoms with Crippen LogP contribution < -0.4 is 10.6 Å². The van der Waals surface area contributed by atoms with Gasteiger partial charge in [-0.3, -0.25) is 4.79 Å². The van der Waals surface area contributed by atoms with Gasteiger partial charge in [-0.1, -0.05) is 0 Å². The molecule has 2 heterocycles. The highest BCUT2D eigenvalue weighted by Gasteiger charge is 2.17. The first-order valence-electron chi connectivity index (χ1n) is 6.38. The molecule has 0 spiro atoms. The van der Waals surface area contributed by atoms with Gasteiger partial charge >= 0.3 is 0 Å². The Kier molecular flexibility index (Phi) is 4.52. The molecular weight excluding hydrogens is 230 g/mol. The molecule has 2 rings (SSSR count). The Morgan fingerprint density at radius 2 is 2.28 bits per heavy atom. The van der Waals surface area contributed by atoms with Crippen LogP contribution in [0.2, 0.25) is 0 Å². The van der Waals surface area contributed by atoms with E-state index in [1.165, 1.54) is 0 Å². The first kappa shape index (κ1) is 12.8. The summed E-state index contributed by atoms with van der Waals surface area (Å²) in [5.41, 5.74) is 0.646. The van der Waals surface area contributed by atoms with Crippen molar-refractivity contribution in [3.63, 3.8) is 0 Å². The zero-order valence-electron chi connectivity index (χ0n) is 10.6. The minimum absolute atomic E-state index is 0.0385. The molecule has 5 heteroatoms. The number of aromatic nitrogens is 1. The molecule has 0 aliphatic carbocycles. The molecule has 1 aromatic rings. The van der Waals surface area contributed by atoms with E-state index < -0.39 is 0 Å². The highest BCUT2D eigenvalue weighted by atomic mass is 16.5. The molecule has 1 aromatic heterocycles. The van der Waals surface area contributed by atoms with E-state index in [1.807, 2.05) is 6.92 Å². The lowest BCUT2D eigenvalue weighted by molar-refractivity contribution is 0.0696. The molecule has 1 aliphatic heterocycles. The molecule has 18 heavy (non-hydrogen) atoms. The van der Waals surface area contributed by atoms with Crippen LogP contribution in [0.5, 0.6) is 0 Å². The number of hydrogen-bond acceptors (Lipinski definition) is 4. The van der Waals surface area contributed by atoms with Crippen LogP contribution in [0.4, 0.5) is 5.82 Å². The second-order valence-electron chi connectivity index (χ2n) is 4.32. The maximum absolute atomic E-state index is 12.1. The maximum Gasteiger partial charge on any atom is 0.251 e. The topological polar surface area (TPSA) is 63.2 Å². The quantitative estimate of drug-likeness (QED) is 0.847. The van der Waals surface area contributed by atoms with Crippen molar-refractivity contribution in [2.24, 2.45) is 0 Å². The Morgan fingerprint density at radius 3 is 3.00 bits per heavy atom. The summed E-state index contributed by atoms with van der Waals surface area (Å²) >= 11 is 0. The number of anilines is 1. The summed E-state index contributed by atoms with van der Waals surface area (Å²) in [5.74, 6) is 0.695. The van der Waals surface area contributed by atoms with Gasteiger partial charge < -0.3 is 15.4 Å². The van der Waals surface area contributed by atoms with Gasteiger partial charge in [-0.25, -0.2) is 4.98 Å². The number of carbonyl (C=O) groups excluding carboxylic acids is 1. The number of ether oxygens (including phenoxy) is 1. The summed E-state index contributed by atoms with van der Waals surface area (Å²) in [6.07, 6.45) is 3.42. The Hall–Kier alpha value is -1.62. The number of rotatable bonds is 4. The average Bonchev–Trinajstić information content (AvgIpc) is 2.40. The van der Waals surface area contributed by atoms with Gasteiger partial charge in [-0.2, -0.15) is 0 Å². The van der Waals surface area contributed by atoms with Crippen LogP contribution in [-0.2, 0) is 4.74 Å². The molecule has 1 fully saturated rings. The smallest absolute Gasteiger partial charge is 0.251 e. The third kappa shape index (κ3) is 3.43. The van der Waals surface area contributed by atoms with Gasteiger partial charge in [0.2, 0.25) is 0 Å². The van der Waals surface area contributed by atoms with Crippen molar-refractivity contribution in [1.29, 1.82) is 0 Å². The summed E-state index contributed by atoms with van der Waals surface area (Å²) in [7, 11) is 0. The predicted molar refractivity (Wildman–Crippen MR) is 69.7 cm³/mol. The fraction of sp³-hybridized carbons (Fsp3) is 0.538. The molecule has 1 saturated heterocycles. The van der Waals surface area contributed by atoms with Crippen molar-refractivity contribution in [3.05, 3.63) is 23.9 Å². The molecule has 0 saturated carbocycles. The Labute approximate surface area is 107 Å². The zero-order chi connectivity index (χ0) is 12.8. The lowest BCUT2D eigenvalue weighted by Crippen LogP contribution is -2.38. The third-order valence-electron chi connectivity index (χ3n) is 2.94. The molecule has 0 radical (unpaired) electrons. The van der Waals surface area contributed by atoms with Crippen molar-refractivity contribution in [3.8, 4) is 0 Å². The Bertz CT molecular complexity index is 403. The summed E-state index contributed by atoms with van der Waals surface area (Å²) in [6, 6.07) is 3.73. The van der Waals surface area contributed by atoms with E-state index in [2.05, 4.69) is 15.6 Å². The monoisotopic (exact) mass is 249 g/mol. The second kappa shape index (κ2) is 6.35. The minimum Gasteiger partial charge on any atom is -0.381 e. The van der Waals surface area contributed by atoms with Gasteiger partial charge in [0.1, 0.15) is 5.82 Å². The Balaban J connectivity index is 1.96. The lowest BCUT2D eigenvalue weighted by atomic mass is 10.1. The predicted octanol–water partition coefficient (Wildman–Crippen LogP) is 1.42. The van der Waals surface area contributed by atoms with Gasteiger partial charge in [0.25, 0.3) is 5.91 Å². The summed E-state index contributed by atoms with van der Waals surface area (Å²) in [6.45, 7) is 4.24. The van der Waals surface area contributed by atoms with Crippen LogP contribution in [-0.4, -0.2) is 36.7 Å². The van der Waals surface area contributed by atoms with E-state index in [9.17, 15) is 4.79 Å². The number of hydrogen-bond donors (Lipinski definition) is 2. The number of nitrogens with zero attached hydrogens (tertiary/aromatic N) is 1. The van der Waals surface area contributed by atoms with Crippen LogP contribution in [0.25, 0.3) is 0 Å². The van der Waals surface area contributed by atoms with E-state index in [1.54, 1.807) is 18.3 Å². The highest BCUT2D eigenvalue weighted by molar-refractivity contribution is 5.94. The van der Waals surface area contributed by atoms with E-state index in [0.29, 0.717) is 5.56 Å². The Morgan fingerprint density at radius 1 is 1.50 bits per heavy atom. The summed E-state index contributed by atoms with van der Waals surface area (Å²) < 4.78 is 5.27. The molecule has 1 amide bonds. The van der Waals surface area contributed by atoms with E-state index in [4.69, 9.17) is 4.74 Å². The number of carbonyl (C=O) groups is 1. The van der Waals surface area contributed by atoms with Crippen molar-refractivity contribution in [2.75, 3.05) is 25.1 Å². The van der Waals surface area contributed by atoms with E-state index in [-0.39, 0.29) is 11.9 Å². The van der Waals surface area contributed by atoms with Gasteiger partial charge in [-0.15, -0.1) is 0 Å². The number of pyridine rings is 1.